The maximum absolute atomic E-state index is 11.7. The van der Waals surface area contributed by atoms with Gasteiger partial charge in [-0.15, -0.1) is 0 Å². The maximum Gasteiger partial charge on any atom is 0.335 e. The Balaban J connectivity index is 2.69. The van der Waals surface area contributed by atoms with Crippen molar-refractivity contribution in [3.8, 4) is 0 Å². The Hall–Kier alpha value is -1.27. The number of carboxylic acid groups (broad SMARTS) is 1. The number of hydrogen-bond donors (Lipinski definition) is 2. The summed E-state index contributed by atoms with van der Waals surface area (Å²) in [5, 5.41) is 9.92. The molecule has 2 rings (SSSR count). The van der Waals surface area contributed by atoms with E-state index in [2.05, 4.69) is 12.6 Å². The molecule has 0 radical (unpaired) electrons. The molecule has 0 aliphatic carbocycles. The van der Waals surface area contributed by atoms with Crippen LogP contribution in [0.3, 0.4) is 0 Å². The van der Waals surface area contributed by atoms with Gasteiger partial charge in [0.25, 0.3) is 0 Å². The Morgan fingerprint density at radius 2 is 2.06 bits per heavy atom. The fourth-order valence-electron chi connectivity index (χ4n) is 1.59. The first-order chi connectivity index (χ1) is 7.45. The second-order valence-electron chi connectivity index (χ2n) is 3.36. The number of thiol groups is 1. The van der Waals surface area contributed by atoms with Crippen LogP contribution in [0.2, 0.25) is 0 Å². The Kier molecular flexibility index (Phi) is 2.55. The second-order valence-corrected chi connectivity index (χ2v) is 5.44. The minimum absolute atomic E-state index is 0.0314. The third-order valence-corrected chi connectivity index (χ3v) is 4.24. The fraction of sp³-hybridized carbons (Fsp3) is 0.100. The SMILES string of the molecule is O=C(O)c1ccc2c(c1)S(=O)(=O)C=C2CS. The zero-order valence-electron chi connectivity index (χ0n) is 8.04. The predicted octanol–water partition coefficient (Wildman–Crippen LogP) is 1.44. The molecule has 0 amide bonds. The number of carboxylic acids is 1. The van der Waals surface area contributed by atoms with Crippen molar-refractivity contribution in [2.75, 3.05) is 5.75 Å². The van der Waals surface area contributed by atoms with E-state index in [4.69, 9.17) is 5.11 Å². The zero-order chi connectivity index (χ0) is 11.9. The fourth-order valence-corrected chi connectivity index (χ4v) is 3.49. The summed E-state index contributed by atoms with van der Waals surface area (Å²) in [6.07, 6.45) is 0. The van der Waals surface area contributed by atoms with Crippen LogP contribution in [-0.2, 0) is 9.84 Å². The first-order valence-corrected chi connectivity index (χ1v) is 6.58. The number of fused-ring (bicyclic) bond motifs is 1. The molecule has 1 heterocycles. The Morgan fingerprint density at radius 3 is 2.62 bits per heavy atom. The number of aromatic carboxylic acids is 1. The molecule has 1 aliphatic heterocycles. The molecule has 1 aromatic rings. The molecule has 0 fully saturated rings. The molecule has 0 spiro atoms. The third kappa shape index (κ3) is 1.64. The van der Waals surface area contributed by atoms with Crippen LogP contribution in [0.1, 0.15) is 15.9 Å². The molecule has 0 aromatic heterocycles. The lowest BCUT2D eigenvalue weighted by Gasteiger charge is -2.02. The first-order valence-electron chi connectivity index (χ1n) is 4.40. The molecule has 84 valence electrons. The summed E-state index contributed by atoms with van der Waals surface area (Å²) in [6, 6.07) is 4.07. The lowest BCUT2D eigenvalue weighted by molar-refractivity contribution is 0.0696. The minimum Gasteiger partial charge on any atom is -0.478 e. The van der Waals surface area contributed by atoms with Crippen molar-refractivity contribution in [3.63, 3.8) is 0 Å². The van der Waals surface area contributed by atoms with Crippen LogP contribution in [0.5, 0.6) is 0 Å². The van der Waals surface area contributed by atoms with Gasteiger partial charge >= 0.3 is 5.97 Å². The van der Waals surface area contributed by atoms with E-state index in [0.717, 1.165) is 5.41 Å². The lowest BCUT2D eigenvalue weighted by atomic mass is 10.1. The molecule has 6 heteroatoms. The molecule has 1 aliphatic rings. The molecule has 1 aromatic carbocycles. The van der Waals surface area contributed by atoms with E-state index in [9.17, 15) is 13.2 Å². The van der Waals surface area contributed by atoms with Gasteiger partial charge in [0.1, 0.15) is 0 Å². The summed E-state index contributed by atoms with van der Waals surface area (Å²) < 4.78 is 23.4. The predicted molar refractivity (Wildman–Crippen MR) is 62.4 cm³/mol. The minimum atomic E-state index is -3.50. The van der Waals surface area contributed by atoms with E-state index in [1.54, 1.807) is 0 Å². The highest BCUT2D eigenvalue weighted by Crippen LogP contribution is 2.34. The largest absolute Gasteiger partial charge is 0.478 e. The molecular weight excluding hydrogens is 248 g/mol. The summed E-state index contributed by atoms with van der Waals surface area (Å²) >= 11 is 4.04. The maximum atomic E-state index is 11.7. The highest BCUT2D eigenvalue weighted by molar-refractivity contribution is 7.95. The Bertz CT molecular complexity index is 599. The highest BCUT2D eigenvalue weighted by atomic mass is 32.2. The third-order valence-electron chi connectivity index (χ3n) is 2.35. The van der Waals surface area contributed by atoms with Crippen molar-refractivity contribution in [1.82, 2.24) is 0 Å². The Labute approximate surface area is 97.9 Å². The molecule has 0 unspecified atom stereocenters. The number of carbonyl (C=O) groups is 1. The first kappa shape index (κ1) is 11.2. The molecule has 0 bridgehead atoms. The summed E-state index contributed by atoms with van der Waals surface area (Å²) in [6.45, 7) is 0. The monoisotopic (exact) mass is 256 g/mol. The van der Waals surface area contributed by atoms with Gasteiger partial charge in [0.15, 0.2) is 0 Å². The van der Waals surface area contributed by atoms with E-state index in [-0.39, 0.29) is 10.5 Å². The molecule has 0 saturated heterocycles. The quantitative estimate of drug-likeness (QED) is 0.785. The van der Waals surface area contributed by atoms with Crippen LogP contribution in [0.4, 0.5) is 0 Å². The van der Waals surface area contributed by atoms with Gasteiger partial charge in [-0.2, -0.15) is 12.6 Å². The molecule has 1 N–H and O–H groups in total. The topological polar surface area (TPSA) is 71.4 Å². The van der Waals surface area contributed by atoms with Crippen LogP contribution in [0, 0.1) is 0 Å². The smallest absolute Gasteiger partial charge is 0.335 e. The van der Waals surface area contributed by atoms with Crippen LogP contribution in [0.25, 0.3) is 5.57 Å². The van der Waals surface area contributed by atoms with Crippen molar-refractivity contribution < 1.29 is 18.3 Å². The molecule has 0 atom stereocenters. The second kappa shape index (κ2) is 3.64. The normalized spacial score (nSPS) is 16.7. The highest BCUT2D eigenvalue weighted by Gasteiger charge is 2.27. The standard InChI is InChI=1S/C10H8O4S2/c11-10(12)6-1-2-8-7(4-15)5-16(13,14)9(8)3-6/h1-3,5,15H,4H2,(H,11,12). The van der Waals surface area contributed by atoms with E-state index in [0.29, 0.717) is 16.9 Å². The number of rotatable bonds is 2. The number of benzene rings is 1. The lowest BCUT2D eigenvalue weighted by Crippen LogP contribution is -2.00. The summed E-state index contributed by atoms with van der Waals surface area (Å²) in [5.74, 6) is -0.837. The average molecular weight is 256 g/mol. The van der Waals surface area contributed by atoms with Crippen LogP contribution in [0.15, 0.2) is 28.5 Å². The molecule has 16 heavy (non-hydrogen) atoms. The van der Waals surface area contributed by atoms with Gasteiger partial charge in [0.05, 0.1) is 10.5 Å². The van der Waals surface area contributed by atoms with Crippen molar-refractivity contribution in [2.24, 2.45) is 0 Å². The van der Waals surface area contributed by atoms with Gasteiger partial charge in [0, 0.05) is 11.2 Å². The Morgan fingerprint density at radius 1 is 1.38 bits per heavy atom. The van der Waals surface area contributed by atoms with Crippen molar-refractivity contribution >= 4 is 34.0 Å². The summed E-state index contributed by atoms with van der Waals surface area (Å²) in [7, 11) is -3.50. The van der Waals surface area contributed by atoms with Crippen molar-refractivity contribution in [1.29, 1.82) is 0 Å². The summed E-state index contributed by atoms with van der Waals surface area (Å²) in [4.78, 5) is 10.8. The number of sulfone groups is 1. The van der Waals surface area contributed by atoms with Gasteiger partial charge in [-0.25, -0.2) is 13.2 Å². The van der Waals surface area contributed by atoms with E-state index in [1.807, 2.05) is 0 Å². The van der Waals surface area contributed by atoms with Crippen LogP contribution >= 0.6 is 12.6 Å². The van der Waals surface area contributed by atoms with Gasteiger partial charge in [-0.05, 0) is 23.3 Å². The van der Waals surface area contributed by atoms with Crippen molar-refractivity contribution in [3.05, 3.63) is 34.7 Å². The van der Waals surface area contributed by atoms with E-state index >= 15 is 0 Å². The van der Waals surface area contributed by atoms with Crippen LogP contribution in [-0.4, -0.2) is 25.2 Å². The zero-order valence-corrected chi connectivity index (χ0v) is 9.75. The number of hydrogen-bond acceptors (Lipinski definition) is 4. The molecular formula is C10H8O4S2. The van der Waals surface area contributed by atoms with E-state index in [1.165, 1.54) is 18.2 Å². The molecule has 0 saturated carbocycles. The van der Waals surface area contributed by atoms with Gasteiger partial charge < -0.3 is 5.11 Å². The van der Waals surface area contributed by atoms with Crippen molar-refractivity contribution in [2.45, 2.75) is 4.90 Å². The van der Waals surface area contributed by atoms with Gasteiger partial charge in [0.2, 0.25) is 9.84 Å². The van der Waals surface area contributed by atoms with E-state index < -0.39 is 15.8 Å². The van der Waals surface area contributed by atoms with Gasteiger partial charge in [-0.1, -0.05) is 6.07 Å². The molecule has 4 nitrogen and oxygen atoms in total. The van der Waals surface area contributed by atoms with Crippen LogP contribution < -0.4 is 0 Å². The van der Waals surface area contributed by atoms with Gasteiger partial charge in [-0.3, -0.25) is 0 Å². The summed E-state index contributed by atoms with van der Waals surface area (Å²) in [5.41, 5.74) is 1.10. The average Bonchev–Trinajstić information content (AvgIpc) is 2.50.